The molecule has 2 aromatic rings. The molecule has 0 fully saturated rings. The van der Waals surface area contributed by atoms with Crippen molar-refractivity contribution < 1.29 is 5.11 Å². The molecule has 0 saturated heterocycles. The molecule has 18 heavy (non-hydrogen) atoms. The number of hydrogen-bond donors (Lipinski definition) is 2. The smallest absolute Gasteiger partial charge is 0.107 e. The van der Waals surface area contributed by atoms with Crippen LogP contribution in [0, 0.1) is 0 Å². The summed E-state index contributed by atoms with van der Waals surface area (Å²) in [5.41, 5.74) is 2.67. The first-order valence-electron chi connectivity index (χ1n) is 6.38. The van der Waals surface area contributed by atoms with E-state index >= 15 is 0 Å². The minimum absolute atomic E-state index is 0.564. The van der Waals surface area contributed by atoms with E-state index in [1.54, 1.807) is 0 Å². The summed E-state index contributed by atoms with van der Waals surface area (Å²) in [4.78, 5) is 0. The van der Waals surface area contributed by atoms with Gasteiger partial charge in [0.1, 0.15) is 5.60 Å². The van der Waals surface area contributed by atoms with Crippen LogP contribution in [0.25, 0.3) is 0 Å². The Morgan fingerprint density at radius 1 is 1.00 bits per heavy atom. The Bertz CT molecular complexity index is 538. The molecule has 1 unspecified atom stereocenters. The Kier molecular flexibility index (Phi) is 2.80. The van der Waals surface area contributed by atoms with Crippen molar-refractivity contribution in [2.45, 2.75) is 18.4 Å². The first-order valence-corrected chi connectivity index (χ1v) is 6.38. The van der Waals surface area contributed by atoms with E-state index < -0.39 is 5.60 Å². The summed E-state index contributed by atoms with van der Waals surface area (Å²) in [5, 5.41) is 14.1. The molecular formula is C16H17NO. The molecule has 3 rings (SSSR count). The van der Waals surface area contributed by atoms with E-state index in [9.17, 15) is 5.11 Å². The Morgan fingerprint density at radius 2 is 1.72 bits per heavy atom. The number of nitrogens with one attached hydrogen (secondary N) is 1. The summed E-state index contributed by atoms with van der Waals surface area (Å²) < 4.78 is 0. The zero-order valence-electron chi connectivity index (χ0n) is 10.3. The van der Waals surface area contributed by atoms with Crippen molar-refractivity contribution in [3.63, 3.8) is 0 Å². The minimum atomic E-state index is -0.730. The number of rotatable bonds is 3. The van der Waals surface area contributed by atoms with Crippen LogP contribution in [0.2, 0.25) is 0 Å². The molecule has 1 aliphatic carbocycles. The fourth-order valence-electron chi connectivity index (χ4n) is 2.66. The van der Waals surface area contributed by atoms with Crippen LogP contribution < -0.4 is 5.32 Å². The maximum atomic E-state index is 10.7. The highest BCUT2D eigenvalue weighted by Crippen LogP contribution is 2.36. The lowest BCUT2D eigenvalue weighted by Gasteiger charge is -2.25. The number of hydrogen-bond acceptors (Lipinski definition) is 2. The van der Waals surface area contributed by atoms with Crippen molar-refractivity contribution in [3.05, 3.63) is 65.7 Å². The predicted octanol–water partition coefficient (Wildman–Crippen LogP) is 2.93. The number of para-hydroxylation sites is 1. The van der Waals surface area contributed by atoms with Gasteiger partial charge in [-0.05, 0) is 36.1 Å². The van der Waals surface area contributed by atoms with Crippen LogP contribution >= 0.6 is 0 Å². The fourth-order valence-corrected chi connectivity index (χ4v) is 2.66. The van der Waals surface area contributed by atoms with Gasteiger partial charge < -0.3 is 10.4 Å². The minimum Gasteiger partial charge on any atom is -0.383 e. The van der Waals surface area contributed by atoms with Gasteiger partial charge in [0.15, 0.2) is 0 Å². The largest absolute Gasteiger partial charge is 0.383 e. The van der Waals surface area contributed by atoms with Crippen molar-refractivity contribution in [2.75, 3.05) is 11.9 Å². The van der Waals surface area contributed by atoms with Crippen LogP contribution in [0.5, 0.6) is 0 Å². The van der Waals surface area contributed by atoms with Crippen LogP contribution in [-0.2, 0) is 12.0 Å². The van der Waals surface area contributed by atoms with E-state index in [-0.39, 0.29) is 0 Å². The lowest BCUT2D eigenvalue weighted by atomic mass is 9.96. The van der Waals surface area contributed by atoms with Gasteiger partial charge in [-0.1, -0.05) is 42.5 Å². The third-order valence-electron chi connectivity index (χ3n) is 3.69. The second kappa shape index (κ2) is 4.46. The van der Waals surface area contributed by atoms with Crippen LogP contribution in [-0.4, -0.2) is 11.7 Å². The normalized spacial score (nSPS) is 21.6. The van der Waals surface area contributed by atoms with Gasteiger partial charge in [-0.25, -0.2) is 0 Å². The van der Waals surface area contributed by atoms with Crippen LogP contribution in [0.15, 0.2) is 54.6 Å². The van der Waals surface area contributed by atoms with Crippen LogP contribution in [0.1, 0.15) is 17.5 Å². The summed E-state index contributed by atoms with van der Waals surface area (Å²) in [6.07, 6.45) is 1.76. The van der Waals surface area contributed by atoms with Crippen molar-refractivity contribution >= 4 is 5.69 Å². The van der Waals surface area contributed by atoms with Crippen molar-refractivity contribution in [1.82, 2.24) is 0 Å². The number of aliphatic hydroxyl groups is 1. The zero-order chi connectivity index (χ0) is 12.4. The molecule has 92 valence electrons. The first kappa shape index (κ1) is 11.3. The molecule has 2 N–H and O–H groups in total. The van der Waals surface area contributed by atoms with Gasteiger partial charge in [0.2, 0.25) is 0 Å². The van der Waals surface area contributed by atoms with E-state index in [4.69, 9.17) is 0 Å². The van der Waals surface area contributed by atoms with E-state index in [0.717, 1.165) is 24.1 Å². The van der Waals surface area contributed by atoms with Gasteiger partial charge in [0, 0.05) is 12.2 Å². The number of fused-ring (bicyclic) bond motifs is 1. The van der Waals surface area contributed by atoms with E-state index in [1.807, 2.05) is 48.5 Å². The second-order valence-electron chi connectivity index (χ2n) is 4.91. The van der Waals surface area contributed by atoms with E-state index in [0.29, 0.717) is 6.54 Å². The maximum Gasteiger partial charge on any atom is 0.107 e. The molecule has 0 aliphatic heterocycles. The topological polar surface area (TPSA) is 32.3 Å². The molecule has 2 aromatic carbocycles. The molecule has 0 saturated carbocycles. The zero-order valence-corrected chi connectivity index (χ0v) is 10.3. The molecule has 0 heterocycles. The molecule has 1 atom stereocenters. The monoisotopic (exact) mass is 239 g/mol. The van der Waals surface area contributed by atoms with Crippen molar-refractivity contribution in [1.29, 1.82) is 0 Å². The van der Waals surface area contributed by atoms with Crippen LogP contribution in [0.4, 0.5) is 5.69 Å². The highest BCUT2D eigenvalue weighted by molar-refractivity contribution is 5.45. The van der Waals surface area contributed by atoms with Gasteiger partial charge in [-0.2, -0.15) is 0 Å². The molecular weight excluding hydrogens is 222 g/mol. The Balaban J connectivity index is 1.77. The summed E-state index contributed by atoms with van der Waals surface area (Å²) in [5.74, 6) is 0. The number of aryl methyl sites for hydroxylation is 1. The fraction of sp³-hybridized carbons (Fsp3) is 0.250. The molecule has 0 aromatic heterocycles. The summed E-state index contributed by atoms with van der Waals surface area (Å²) >= 11 is 0. The lowest BCUT2D eigenvalue weighted by molar-refractivity contribution is 0.0527. The highest BCUT2D eigenvalue weighted by Gasteiger charge is 2.35. The molecule has 0 spiro atoms. The Hall–Kier alpha value is -1.80. The summed E-state index contributed by atoms with van der Waals surface area (Å²) in [6, 6.07) is 18.2. The quantitative estimate of drug-likeness (QED) is 0.863. The number of anilines is 1. The van der Waals surface area contributed by atoms with Crippen LogP contribution in [0.3, 0.4) is 0 Å². The Labute approximate surface area is 107 Å². The molecule has 0 amide bonds. The van der Waals surface area contributed by atoms with Gasteiger partial charge in [0.05, 0.1) is 0 Å². The maximum absolute atomic E-state index is 10.7. The second-order valence-corrected chi connectivity index (χ2v) is 4.91. The van der Waals surface area contributed by atoms with E-state index in [2.05, 4.69) is 11.4 Å². The highest BCUT2D eigenvalue weighted by atomic mass is 16.3. The van der Waals surface area contributed by atoms with Crippen molar-refractivity contribution in [2.24, 2.45) is 0 Å². The standard InChI is InChI=1S/C16H17NO/c18-16(12-17-14-7-2-1-3-8-14)11-10-13-6-4-5-9-15(13)16/h1-9,17-18H,10-12H2. The van der Waals surface area contributed by atoms with Gasteiger partial charge in [-0.15, -0.1) is 0 Å². The molecule has 2 heteroatoms. The van der Waals surface area contributed by atoms with Crippen molar-refractivity contribution in [3.8, 4) is 0 Å². The predicted molar refractivity (Wildman–Crippen MR) is 73.6 cm³/mol. The molecule has 0 radical (unpaired) electrons. The summed E-state index contributed by atoms with van der Waals surface area (Å²) in [7, 11) is 0. The molecule has 1 aliphatic rings. The third kappa shape index (κ3) is 2.00. The first-order chi connectivity index (χ1) is 8.78. The Morgan fingerprint density at radius 3 is 2.56 bits per heavy atom. The number of benzene rings is 2. The van der Waals surface area contributed by atoms with Gasteiger partial charge in [0.25, 0.3) is 0 Å². The summed E-state index contributed by atoms with van der Waals surface area (Å²) in [6.45, 7) is 0.564. The molecule has 0 bridgehead atoms. The van der Waals surface area contributed by atoms with Gasteiger partial charge in [-0.3, -0.25) is 0 Å². The average Bonchev–Trinajstić information content (AvgIpc) is 2.77. The van der Waals surface area contributed by atoms with E-state index in [1.165, 1.54) is 5.56 Å². The lowest BCUT2D eigenvalue weighted by Crippen LogP contribution is -2.31. The van der Waals surface area contributed by atoms with Gasteiger partial charge >= 0.3 is 0 Å². The SMILES string of the molecule is OC1(CNc2ccccc2)CCc2ccccc21. The average molecular weight is 239 g/mol. The molecule has 2 nitrogen and oxygen atoms in total. The third-order valence-corrected chi connectivity index (χ3v) is 3.69.